The molecule has 0 amide bonds. The van der Waals surface area contributed by atoms with Gasteiger partial charge in [0.15, 0.2) is 0 Å². The smallest absolute Gasteiger partial charge is 0.0223 e. The number of hydrogen-bond donors (Lipinski definition) is 1. The predicted octanol–water partition coefficient (Wildman–Crippen LogP) is 8.67. The normalized spacial score (nSPS) is 11.5. The molecule has 142 valence electrons. The Morgan fingerprint density at radius 1 is 0.478 bits per heavy atom. The van der Waals surface area contributed by atoms with Crippen LogP contribution in [0.15, 0.2) is 0 Å². The molecule has 0 aliphatic heterocycles. The van der Waals surface area contributed by atoms with Crippen molar-refractivity contribution in [2.24, 2.45) is 5.41 Å². The van der Waals surface area contributed by atoms with Gasteiger partial charge in [0.2, 0.25) is 0 Å². The van der Waals surface area contributed by atoms with Crippen LogP contribution in [0.1, 0.15) is 124 Å². The molecule has 3 N–H and O–H groups in total. The molecule has 0 aliphatic carbocycles. The van der Waals surface area contributed by atoms with E-state index in [4.69, 9.17) is 11.6 Å². The highest BCUT2D eigenvalue weighted by Crippen LogP contribution is 2.22. The van der Waals surface area contributed by atoms with Crippen LogP contribution >= 0.6 is 11.6 Å². The topological polar surface area (TPSA) is 35.0 Å². The Labute approximate surface area is 152 Å². The summed E-state index contributed by atoms with van der Waals surface area (Å²) in [5.41, 5.74) is 0.532. The van der Waals surface area contributed by atoms with Crippen molar-refractivity contribution in [2.75, 3.05) is 5.88 Å². The lowest BCUT2D eigenvalue weighted by Gasteiger charge is -2.17. The molecule has 23 heavy (non-hydrogen) atoms. The zero-order valence-electron chi connectivity index (χ0n) is 16.6. The highest BCUT2D eigenvalue weighted by atomic mass is 35.5. The number of unbranched alkanes of at least 4 members (excludes halogenated alkanes) is 14. The van der Waals surface area contributed by atoms with Crippen molar-refractivity contribution in [3.05, 3.63) is 0 Å². The van der Waals surface area contributed by atoms with Crippen molar-refractivity contribution in [1.82, 2.24) is 6.15 Å². The largest absolute Gasteiger partial charge is 0.344 e. The summed E-state index contributed by atoms with van der Waals surface area (Å²) in [6.45, 7) is 7.06. The summed E-state index contributed by atoms with van der Waals surface area (Å²) in [6.07, 6.45) is 22.7. The quantitative estimate of drug-likeness (QED) is 0.220. The first kappa shape index (κ1) is 25.5. The van der Waals surface area contributed by atoms with E-state index in [1.54, 1.807) is 0 Å². The Bertz CT molecular complexity index is 210. The van der Waals surface area contributed by atoms with E-state index in [9.17, 15) is 0 Å². The number of rotatable bonds is 16. The second-order valence-corrected chi connectivity index (χ2v) is 8.68. The average molecular weight is 348 g/mol. The summed E-state index contributed by atoms with van der Waals surface area (Å²) in [4.78, 5) is 0. The molecule has 0 saturated heterocycles. The fraction of sp³-hybridized carbons (Fsp3) is 1.00. The zero-order chi connectivity index (χ0) is 16.5. The summed E-state index contributed by atoms with van der Waals surface area (Å²) in [5.74, 6) is 0.844. The van der Waals surface area contributed by atoms with Gasteiger partial charge in [-0.3, -0.25) is 0 Å². The van der Waals surface area contributed by atoms with E-state index in [2.05, 4.69) is 20.8 Å². The first-order chi connectivity index (χ1) is 10.6. The molecule has 0 fully saturated rings. The van der Waals surface area contributed by atoms with E-state index in [0.29, 0.717) is 5.41 Å². The fourth-order valence-corrected chi connectivity index (χ4v) is 3.24. The second kappa shape index (κ2) is 18.6. The van der Waals surface area contributed by atoms with Crippen LogP contribution in [0.5, 0.6) is 0 Å². The molecule has 0 unspecified atom stereocenters. The standard InChI is InChI=1S/C21H43Cl.H3N/c1-21(2,3)19-17-15-13-11-9-7-5-4-6-8-10-12-14-16-18-20-22;/h4-20H2,1-3H3;1H3. The first-order valence-corrected chi connectivity index (χ1v) is 10.7. The van der Waals surface area contributed by atoms with E-state index < -0.39 is 0 Å². The van der Waals surface area contributed by atoms with Crippen LogP contribution in [0.4, 0.5) is 0 Å². The molecule has 0 radical (unpaired) electrons. The Balaban J connectivity index is 0. The summed E-state index contributed by atoms with van der Waals surface area (Å²) < 4.78 is 0. The molecule has 0 atom stereocenters. The molecule has 1 nitrogen and oxygen atoms in total. The number of alkyl halides is 1. The maximum absolute atomic E-state index is 5.68. The Morgan fingerprint density at radius 3 is 1.00 bits per heavy atom. The van der Waals surface area contributed by atoms with E-state index in [-0.39, 0.29) is 6.15 Å². The summed E-state index contributed by atoms with van der Waals surface area (Å²) >= 11 is 5.68. The van der Waals surface area contributed by atoms with Gasteiger partial charge in [0.25, 0.3) is 0 Å². The molecule has 0 rings (SSSR count). The van der Waals surface area contributed by atoms with E-state index in [0.717, 1.165) is 5.88 Å². The van der Waals surface area contributed by atoms with E-state index >= 15 is 0 Å². The molecule has 2 heteroatoms. The molecule has 0 aromatic rings. The van der Waals surface area contributed by atoms with Crippen LogP contribution in [0, 0.1) is 5.41 Å². The maximum atomic E-state index is 5.68. The van der Waals surface area contributed by atoms with Gasteiger partial charge in [-0.15, -0.1) is 11.6 Å². The maximum Gasteiger partial charge on any atom is 0.0223 e. The summed E-state index contributed by atoms with van der Waals surface area (Å²) in [5, 5.41) is 0. The van der Waals surface area contributed by atoms with Crippen molar-refractivity contribution in [3.63, 3.8) is 0 Å². The minimum Gasteiger partial charge on any atom is -0.344 e. The van der Waals surface area contributed by atoms with Crippen LogP contribution in [-0.4, -0.2) is 5.88 Å². The van der Waals surface area contributed by atoms with Crippen LogP contribution in [0.3, 0.4) is 0 Å². The van der Waals surface area contributed by atoms with Gasteiger partial charge in [0.05, 0.1) is 0 Å². The minimum atomic E-state index is 0. The van der Waals surface area contributed by atoms with Gasteiger partial charge in [-0.2, -0.15) is 0 Å². The van der Waals surface area contributed by atoms with Crippen LogP contribution in [-0.2, 0) is 0 Å². The van der Waals surface area contributed by atoms with E-state index in [1.165, 1.54) is 103 Å². The molecule has 0 aliphatic rings. The first-order valence-electron chi connectivity index (χ1n) is 10.1. The third-order valence-electron chi connectivity index (χ3n) is 4.56. The van der Waals surface area contributed by atoms with Gasteiger partial charge in [0, 0.05) is 5.88 Å². The van der Waals surface area contributed by atoms with Crippen molar-refractivity contribution in [1.29, 1.82) is 0 Å². The minimum absolute atomic E-state index is 0. The van der Waals surface area contributed by atoms with Crippen molar-refractivity contribution in [3.8, 4) is 0 Å². The van der Waals surface area contributed by atoms with Gasteiger partial charge in [-0.25, -0.2) is 0 Å². The molecule has 0 aromatic heterocycles. The lowest BCUT2D eigenvalue weighted by atomic mass is 9.89. The molecule has 0 saturated carbocycles. The average Bonchev–Trinajstić information content (AvgIpc) is 2.45. The summed E-state index contributed by atoms with van der Waals surface area (Å²) in [6, 6.07) is 0. The lowest BCUT2D eigenvalue weighted by molar-refractivity contribution is 0.356. The monoisotopic (exact) mass is 347 g/mol. The van der Waals surface area contributed by atoms with Crippen molar-refractivity contribution >= 4 is 11.6 Å². The number of halogens is 1. The predicted molar refractivity (Wildman–Crippen MR) is 109 cm³/mol. The molecule has 0 aromatic carbocycles. The SMILES string of the molecule is CC(C)(C)CCCCCCCCCCCCCCCCCCl.N. The van der Waals surface area contributed by atoms with Gasteiger partial charge in [0.1, 0.15) is 0 Å². The molecular weight excluding hydrogens is 302 g/mol. The third-order valence-corrected chi connectivity index (χ3v) is 4.83. The van der Waals surface area contributed by atoms with Gasteiger partial charge >= 0.3 is 0 Å². The Kier molecular flexibility index (Phi) is 20.6. The van der Waals surface area contributed by atoms with Crippen molar-refractivity contribution in [2.45, 2.75) is 124 Å². The number of hydrogen-bond acceptors (Lipinski definition) is 1. The van der Waals surface area contributed by atoms with Gasteiger partial charge in [-0.1, -0.05) is 111 Å². The van der Waals surface area contributed by atoms with Gasteiger partial charge < -0.3 is 6.15 Å². The summed E-state index contributed by atoms with van der Waals surface area (Å²) in [7, 11) is 0. The third kappa shape index (κ3) is 24.6. The molecular formula is C21H46ClN. The highest BCUT2D eigenvalue weighted by molar-refractivity contribution is 6.17. The molecule has 0 heterocycles. The van der Waals surface area contributed by atoms with Crippen molar-refractivity contribution < 1.29 is 0 Å². The van der Waals surface area contributed by atoms with Gasteiger partial charge in [-0.05, 0) is 18.3 Å². The Hall–Kier alpha value is 0.250. The highest BCUT2D eigenvalue weighted by Gasteiger charge is 2.08. The van der Waals surface area contributed by atoms with Crippen LogP contribution in [0.2, 0.25) is 0 Å². The second-order valence-electron chi connectivity index (χ2n) is 8.30. The van der Waals surface area contributed by atoms with Crippen LogP contribution < -0.4 is 6.15 Å². The fourth-order valence-electron chi connectivity index (χ4n) is 3.05. The van der Waals surface area contributed by atoms with E-state index in [1.807, 2.05) is 0 Å². The molecule has 0 spiro atoms. The zero-order valence-corrected chi connectivity index (χ0v) is 17.4. The van der Waals surface area contributed by atoms with Crippen LogP contribution in [0.25, 0.3) is 0 Å². The molecule has 0 bridgehead atoms. The Morgan fingerprint density at radius 2 is 0.739 bits per heavy atom. The lowest BCUT2D eigenvalue weighted by Crippen LogP contribution is -2.03.